The molecule has 2 heterocycles. The maximum atomic E-state index is 12.2. The summed E-state index contributed by atoms with van der Waals surface area (Å²) in [5, 5.41) is 6.24. The molecule has 0 saturated carbocycles. The minimum atomic E-state index is -0.374. The molecule has 0 aliphatic heterocycles. The van der Waals surface area contributed by atoms with Crippen molar-refractivity contribution in [2.75, 3.05) is 16.8 Å². The van der Waals surface area contributed by atoms with Gasteiger partial charge >= 0.3 is 0 Å². The first-order valence-electron chi connectivity index (χ1n) is 9.03. The second-order valence-electron chi connectivity index (χ2n) is 6.49. The van der Waals surface area contributed by atoms with Gasteiger partial charge in [0.05, 0.1) is 16.4 Å². The van der Waals surface area contributed by atoms with Gasteiger partial charge in [-0.05, 0) is 44.2 Å². The summed E-state index contributed by atoms with van der Waals surface area (Å²) in [6, 6.07) is 3.53. The van der Waals surface area contributed by atoms with Crippen LogP contribution in [-0.2, 0) is 22.4 Å². The lowest BCUT2D eigenvalue weighted by molar-refractivity contribution is -0.119. The number of carbonyl (C=O) groups is 3. The SMILES string of the molecule is Cc1cc(NC(=O)CSCC(=O)NNC(=O)c2cc3c(s2)CCCCC3)no1. The Morgan fingerprint density at radius 2 is 1.89 bits per heavy atom. The van der Waals surface area contributed by atoms with Crippen molar-refractivity contribution in [3.8, 4) is 0 Å². The number of thioether (sulfide) groups is 1. The number of rotatable bonds is 6. The molecule has 3 N–H and O–H groups in total. The maximum Gasteiger partial charge on any atom is 0.279 e. The molecule has 0 fully saturated rings. The van der Waals surface area contributed by atoms with Gasteiger partial charge in [0.2, 0.25) is 11.8 Å². The molecule has 28 heavy (non-hydrogen) atoms. The second-order valence-corrected chi connectivity index (χ2v) is 8.61. The van der Waals surface area contributed by atoms with E-state index in [9.17, 15) is 14.4 Å². The molecule has 0 spiro atoms. The number of nitrogens with one attached hydrogen (secondary N) is 3. The Morgan fingerprint density at radius 3 is 2.68 bits per heavy atom. The Hall–Kier alpha value is -2.33. The molecule has 2 aromatic heterocycles. The number of hydrogen-bond donors (Lipinski definition) is 3. The number of carbonyl (C=O) groups excluding carboxylic acids is 3. The van der Waals surface area contributed by atoms with Crippen LogP contribution in [0.4, 0.5) is 5.82 Å². The molecule has 1 aliphatic carbocycles. The Morgan fingerprint density at radius 1 is 1.11 bits per heavy atom. The quantitative estimate of drug-likeness (QED) is 0.487. The summed E-state index contributed by atoms with van der Waals surface area (Å²) < 4.78 is 4.86. The van der Waals surface area contributed by atoms with E-state index in [1.54, 1.807) is 13.0 Å². The summed E-state index contributed by atoms with van der Waals surface area (Å²) in [6.07, 6.45) is 5.58. The van der Waals surface area contributed by atoms with E-state index in [0.717, 1.165) is 37.4 Å². The van der Waals surface area contributed by atoms with E-state index in [-0.39, 0.29) is 29.2 Å². The summed E-state index contributed by atoms with van der Waals surface area (Å²) in [6.45, 7) is 1.73. The molecule has 8 nitrogen and oxygen atoms in total. The van der Waals surface area contributed by atoms with Gasteiger partial charge in [0.15, 0.2) is 5.82 Å². The number of hydrazine groups is 1. The summed E-state index contributed by atoms with van der Waals surface area (Å²) in [4.78, 5) is 37.7. The molecule has 0 aromatic carbocycles. The predicted octanol–water partition coefficient (Wildman–Crippen LogP) is 2.45. The van der Waals surface area contributed by atoms with Gasteiger partial charge in [0.1, 0.15) is 5.76 Å². The molecule has 0 saturated heterocycles. The van der Waals surface area contributed by atoms with Gasteiger partial charge < -0.3 is 9.84 Å². The standard InChI is InChI=1S/C18H22N4O4S2/c1-11-7-15(22-26-11)19-16(23)9-27-10-17(24)20-21-18(25)14-8-12-5-3-2-4-6-13(12)28-14/h7-8H,2-6,9-10H2,1H3,(H,20,24)(H,21,25)(H,19,22,23). The van der Waals surface area contributed by atoms with Gasteiger partial charge in [-0.15, -0.1) is 23.1 Å². The molecule has 0 unspecified atom stereocenters. The third-order valence-corrected chi connectivity index (χ3v) is 6.32. The van der Waals surface area contributed by atoms with Crippen molar-refractivity contribution in [1.29, 1.82) is 0 Å². The molecule has 150 valence electrons. The Balaban J connectivity index is 1.36. The van der Waals surface area contributed by atoms with Gasteiger partial charge in [0.25, 0.3) is 5.91 Å². The first-order valence-corrected chi connectivity index (χ1v) is 11.0. The van der Waals surface area contributed by atoms with Gasteiger partial charge in [-0.25, -0.2) is 0 Å². The fourth-order valence-electron chi connectivity index (χ4n) is 2.84. The van der Waals surface area contributed by atoms with E-state index in [2.05, 4.69) is 21.3 Å². The highest BCUT2D eigenvalue weighted by molar-refractivity contribution is 8.00. The van der Waals surface area contributed by atoms with Gasteiger partial charge in [-0.3, -0.25) is 25.2 Å². The van der Waals surface area contributed by atoms with Crippen LogP contribution in [0.1, 0.15) is 45.1 Å². The van der Waals surface area contributed by atoms with E-state index in [1.807, 2.05) is 6.07 Å². The Kier molecular flexibility index (Phi) is 7.10. The van der Waals surface area contributed by atoms with Crippen molar-refractivity contribution >= 4 is 46.6 Å². The van der Waals surface area contributed by atoms with Crippen LogP contribution >= 0.6 is 23.1 Å². The largest absolute Gasteiger partial charge is 0.360 e. The summed E-state index contributed by atoms with van der Waals surface area (Å²) >= 11 is 2.63. The highest BCUT2D eigenvalue weighted by Gasteiger charge is 2.17. The first kappa shape index (κ1) is 20.4. The predicted molar refractivity (Wildman–Crippen MR) is 108 cm³/mol. The smallest absolute Gasteiger partial charge is 0.279 e. The average molecular weight is 423 g/mol. The maximum absolute atomic E-state index is 12.2. The third kappa shape index (κ3) is 5.83. The molecule has 0 bridgehead atoms. The lowest BCUT2D eigenvalue weighted by atomic mass is 10.1. The van der Waals surface area contributed by atoms with Gasteiger partial charge in [-0.1, -0.05) is 11.6 Å². The van der Waals surface area contributed by atoms with Crippen LogP contribution in [0.5, 0.6) is 0 Å². The van der Waals surface area contributed by atoms with Crippen LogP contribution in [0.3, 0.4) is 0 Å². The van der Waals surface area contributed by atoms with E-state index >= 15 is 0 Å². The zero-order valence-corrected chi connectivity index (χ0v) is 17.1. The number of nitrogens with zero attached hydrogens (tertiary/aromatic N) is 1. The average Bonchev–Trinajstić information content (AvgIpc) is 3.19. The fourth-order valence-corrected chi connectivity index (χ4v) is 4.61. The zero-order chi connectivity index (χ0) is 19.9. The molecule has 0 atom stereocenters. The number of anilines is 1. The van der Waals surface area contributed by atoms with Crippen LogP contribution in [0.2, 0.25) is 0 Å². The van der Waals surface area contributed by atoms with Crippen molar-refractivity contribution < 1.29 is 18.9 Å². The number of fused-ring (bicyclic) bond motifs is 1. The minimum absolute atomic E-state index is 0.0481. The van der Waals surface area contributed by atoms with Crippen LogP contribution < -0.4 is 16.2 Å². The Labute approximate surface area is 170 Å². The highest BCUT2D eigenvalue weighted by Crippen LogP contribution is 2.28. The van der Waals surface area contributed by atoms with Crippen molar-refractivity contribution in [1.82, 2.24) is 16.0 Å². The van der Waals surface area contributed by atoms with Crippen molar-refractivity contribution in [2.45, 2.75) is 39.0 Å². The number of amides is 3. The van der Waals surface area contributed by atoms with Crippen molar-refractivity contribution in [3.05, 3.63) is 33.2 Å². The van der Waals surface area contributed by atoms with Gasteiger partial charge in [-0.2, -0.15) is 0 Å². The fraction of sp³-hybridized carbons (Fsp3) is 0.444. The molecule has 2 aromatic rings. The van der Waals surface area contributed by atoms with Crippen LogP contribution in [0.25, 0.3) is 0 Å². The zero-order valence-electron chi connectivity index (χ0n) is 15.5. The lowest BCUT2D eigenvalue weighted by Gasteiger charge is -2.06. The molecular weight excluding hydrogens is 400 g/mol. The van der Waals surface area contributed by atoms with Crippen molar-refractivity contribution in [3.63, 3.8) is 0 Å². The monoisotopic (exact) mass is 422 g/mol. The van der Waals surface area contributed by atoms with Crippen LogP contribution in [-0.4, -0.2) is 34.4 Å². The number of hydrogen-bond acceptors (Lipinski definition) is 7. The third-order valence-electron chi connectivity index (χ3n) is 4.15. The topological polar surface area (TPSA) is 113 Å². The van der Waals surface area contributed by atoms with Crippen LogP contribution in [0.15, 0.2) is 16.7 Å². The minimum Gasteiger partial charge on any atom is -0.360 e. The van der Waals surface area contributed by atoms with Crippen molar-refractivity contribution in [2.24, 2.45) is 0 Å². The summed E-state index contributed by atoms with van der Waals surface area (Å²) in [5.41, 5.74) is 6.08. The number of aryl methyl sites for hydroxylation is 3. The van der Waals surface area contributed by atoms with Gasteiger partial charge in [0, 0.05) is 10.9 Å². The molecule has 0 radical (unpaired) electrons. The molecular formula is C18H22N4O4S2. The molecule has 3 rings (SSSR count). The first-order chi connectivity index (χ1) is 13.5. The molecule has 10 heteroatoms. The van der Waals surface area contributed by atoms with E-state index in [4.69, 9.17) is 4.52 Å². The summed E-state index contributed by atoms with van der Waals surface area (Å²) in [7, 11) is 0. The number of aromatic nitrogens is 1. The van der Waals surface area contributed by atoms with E-state index in [0.29, 0.717) is 16.5 Å². The van der Waals surface area contributed by atoms with Crippen LogP contribution in [0, 0.1) is 6.92 Å². The van der Waals surface area contributed by atoms with E-state index < -0.39 is 0 Å². The normalized spacial score (nSPS) is 13.3. The highest BCUT2D eigenvalue weighted by atomic mass is 32.2. The lowest BCUT2D eigenvalue weighted by Crippen LogP contribution is -2.42. The van der Waals surface area contributed by atoms with E-state index in [1.165, 1.54) is 28.2 Å². The second kappa shape index (κ2) is 9.74. The number of thiophene rings is 1. The summed E-state index contributed by atoms with van der Waals surface area (Å²) in [5.74, 6) is 0.110. The molecule has 1 aliphatic rings. The molecule has 3 amide bonds. The Bertz CT molecular complexity index is 838.